The monoisotopic (exact) mass is 399 g/mol. The molecule has 152 valence electrons. The zero-order valence-electron chi connectivity index (χ0n) is 16.0. The van der Waals surface area contributed by atoms with Gasteiger partial charge in [-0.05, 0) is 37.4 Å². The molecule has 1 amide bonds. The molecule has 1 fully saturated rings. The number of rotatable bonds is 10. The third-order valence-electron chi connectivity index (χ3n) is 4.45. The molecule has 0 bridgehead atoms. The van der Waals surface area contributed by atoms with Crippen LogP contribution in [0.5, 0.6) is 5.75 Å². The van der Waals surface area contributed by atoms with Gasteiger partial charge in [-0.25, -0.2) is 8.42 Å². The van der Waals surface area contributed by atoms with Crippen molar-refractivity contribution in [1.29, 1.82) is 0 Å². The number of hydrogen-bond acceptors (Lipinski definition) is 6. The number of ether oxygens (including phenoxy) is 2. The lowest BCUT2D eigenvalue weighted by atomic mass is 10.3. The van der Waals surface area contributed by atoms with Gasteiger partial charge in [0.2, 0.25) is 10.0 Å². The van der Waals surface area contributed by atoms with E-state index in [1.807, 2.05) is 0 Å². The highest BCUT2D eigenvalue weighted by Gasteiger charge is 2.26. The predicted octanol–water partition coefficient (Wildman–Crippen LogP) is 0.544. The zero-order chi connectivity index (χ0) is 19.7. The van der Waals surface area contributed by atoms with Gasteiger partial charge in [0.05, 0.1) is 18.1 Å². The third kappa shape index (κ3) is 6.46. The molecule has 0 saturated carbocycles. The fraction of sp³-hybridized carbons (Fsp3) is 0.611. The Labute approximate surface area is 161 Å². The maximum absolute atomic E-state index is 12.5. The molecule has 1 heterocycles. The minimum atomic E-state index is -3.52. The molecule has 1 aromatic rings. The number of likely N-dealkylation sites (N-methyl/N-ethyl adjacent to an activating group) is 1. The van der Waals surface area contributed by atoms with Gasteiger partial charge in [-0.1, -0.05) is 13.8 Å². The summed E-state index contributed by atoms with van der Waals surface area (Å²) in [5.74, 6) is 0.252. The van der Waals surface area contributed by atoms with Gasteiger partial charge >= 0.3 is 0 Å². The lowest BCUT2D eigenvalue weighted by Crippen LogP contribution is -2.40. The Morgan fingerprint density at radius 2 is 1.81 bits per heavy atom. The van der Waals surface area contributed by atoms with E-state index in [0.717, 1.165) is 19.6 Å². The van der Waals surface area contributed by atoms with Crippen LogP contribution in [0.4, 0.5) is 0 Å². The van der Waals surface area contributed by atoms with Crippen LogP contribution in [0, 0.1) is 0 Å². The summed E-state index contributed by atoms with van der Waals surface area (Å²) in [6.07, 6.45) is 0. The number of nitrogens with one attached hydrogen (secondary N) is 1. The molecule has 1 aliphatic heterocycles. The van der Waals surface area contributed by atoms with Gasteiger partial charge in [0.15, 0.2) is 6.61 Å². The number of morpholine rings is 1. The molecule has 0 spiro atoms. The number of nitrogens with zero attached hydrogens (tertiary/aromatic N) is 2. The molecule has 1 aliphatic rings. The van der Waals surface area contributed by atoms with Gasteiger partial charge in [-0.3, -0.25) is 4.79 Å². The van der Waals surface area contributed by atoms with Crippen molar-refractivity contribution >= 4 is 15.9 Å². The van der Waals surface area contributed by atoms with Gasteiger partial charge in [0.1, 0.15) is 5.75 Å². The molecule has 0 unspecified atom stereocenters. The van der Waals surface area contributed by atoms with Crippen molar-refractivity contribution in [3.05, 3.63) is 24.3 Å². The van der Waals surface area contributed by atoms with Gasteiger partial charge in [-0.15, -0.1) is 0 Å². The van der Waals surface area contributed by atoms with E-state index >= 15 is 0 Å². The summed E-state index contributed by atoms with van der Waals surface area (Å²) in [6.45, 7) is 8.84. The summed E-state index contributed by atoms with van der Waals surface area (Å²) in [5.41, 5.74) is 0. The molecule has 0 aliphatic carbocycles. The van der Waals surface area contributed by atoms with Crippen molar-refractivity contribution in [2.24, 2.45) is 0 Å². The Bertz CT molecular complexity index is 683. The molecule has 1 saturated heterocycles. The second-order valence-electron chi connectivity index (χ2n) is 6.15. The van der Waals surface area contributed by atoms with Gasteiger partial charge in [0, 0.05) is 26.2 Å². The Morgan fingerprint density at radius 3 is 2.41 bits per heavy atom. The lowest BCUT2D eigenvalue weighted by Gasteiger charge is -2.26. The van der Waals surface area contributed by atoms with Crippen LogP contribution in [0.25, 0.3) is 0 Å². The molecule has 1 N–H and O–H groups in total. The van der Waals surface area contributed by atoms with Gasteiger partial charge in [0.25, 0.3) is 5.91 Å². The van der Waals surface area contributed by atoms with Crippen molar-refractivity contribution in [1.82, 2.24) is 14.5 Å². The van der Waals surface area contributed by atoms with E-state index in [-0.39, 0.29) is 17.4 Å². The van der Waals surface area contributed by atoms with Crippen molar-refractivity contribution < 1.29 is 22.7 Å². The largest absolute Gasteiger partial charge is 0.484 e. The second kappa shape index (κ2) is 10.6. The van der Waals surface area contributed by atoms with Crippen molar-refractivity contribution in [2.75, 3.05) is 59.1 Å². The van der Waals surface area contributed by atoms with E-state index in [1.54, 1.807) is 12.1 Å². The van der Waals surface area contributed by atoms with Crippen LogP contribution in [0.15, 0.2) is 29.2 Å². The molecular formula is C18H29N3O5S. The number of sulfonamides is 1. The highest BCUT2D eigenvalue weighted by molar-refractivity contribution is 7.89. The van der Waals surface area contributed by atoms with E-state index in [2.05, 4.69) is 24.1 Å². The summed E-state index contributed by atoms with van der Waals surface area (Å²) in [7, 11) is -3.52. The van der Waals surface area contributed by atoms with E-state index in [0.29, 0.717) is 38.6 Å². The van der Waals surface area contributed by atoms with Crippen LogP contribution >= 0.6 is 0 Å². The normalized spacial score (nSPS) is 15.7. The fourth-order valence-corrected chi connectivity index (χ4v) is 4.14. The van der Waals surface area contributed by atoms with Crippen LogP contribution in [0.3, 0.4) is 0 Å². The van der Waals surface area contributed by atoms with Crippen molar-refractivity contribution in [3.63, 3.8) is 0 Å². The molecule has 2 rings (SSSR count). The average molecular weight is 400 g/mol. The molecule has 0 atom stereocenters. The first-order valence-corrected chi connectivity index (χ1v) is 10.7. The summed E-state index contributed by atoms with van der Waals surface area (Å²) in [6, 6.07) is 6.13. The maximum Gasteiger partial charge on any atom is 0.257 e. The van der Waals surface area contributed by atoms with Gasteiger partial charge in [-0.2, -0.15) is 4.31 Å². The molecular weight excluding hydrogens is 370 g/mol. The van der Waals surface area contributed by atoms with Gasteiger partial charge < -0.3 is 19.7 Å². The Kier molecular flexibility index (Phi) is 8.49. The molecule has 27 heavy (non-hydrogen) atoms. The first kappa shape index (κ1) is 21.6. The summed E-state index contributed by atoms with van der Waals surface area (Å²) >= 11 is 0. The Hall–Kier alpha value is -1.68. The summed E-state index contributed by atoms with van der Waals surface area (Å²) in [4.78, 5) is 14.3. The molecule has 1 aromatic carbocycles. The minimum absolute atomic E-state index is 0.103. The molecule has 0 radical (unpaired) electrons. The van der Waals surface area contributed by atoms with Crippen LogP contribution in [-0.4, -0.2) is 82.6 Å². The van der Waals surface area contributed by atoms with E-state index in [1.165, 1.54) is 16.4 Å². The number of amides is 1. The first-order chi connectivity index (χ1) is 13.0. The summed E-state index contributed by atoms with van der Waals surface area (Å²) in [5, 5.41) is 2.81. The highest BCUT2D eigenvalue weighted by atomic mass is 32.2. The number of hydrogen-bond donors (Lipinski definition) is 1. The zero-order valence-corrected chi connectivity index (χ0v) is 16.8. The fourth-order valence-electron chi connectivity index (χ4n) is 2.74. The van der Waals surface area contributed by atoms with E-state index < -0.39 is 10.0 Å². The minimum Gasteiger partial charge on any atom is -0.484 e. The first-order valence-electron chi connectivity index (χ1n) is 9.27. The molecule has 8 nitrogen and oxygen atoms in total. The number of carbonyl (C=O) groups excluding carboxylic acids is 1. The van der Waals surface area contributed by atoms with Crippen molar-refractivity contribution in [2.45, 2.75) is 18.7 Å². The second-order valence-corrected chi connectivity index (χ2v) is 8.09. The van der Waals surface area contributed by atoms with E-state index in [4.69, 9.17) is 9.47 Å². The van der Waals surface area contributed by atoms with E-state index in [9.17, 15) is 13.2 Å². The smallest absolute Gasteiger partial charge is 0.257 e. The standard InChI is InChI=1S/C18H29N3O5S/c1-3-20(4-2)10-9-19-18(22)15-26-16-5-7-17(8-6-16)27(23,24)21-11-13-25-14-12-21/h5-8H,3-4,9-15H2,1-2H3,(H,19,22). The topological polar surface area (TPSA) is 88.2 Å². The average Bonchev–Trinajstić information content (AvgIpc) is 2.70. The van der Waals surface area contributed by atoms with Crippen LogP contribution in [-0.2, 0) is 19.6 Å². The third-order valence-corrected chi connectivity index (χ3v) is 6.36. The lowest BCUT2D eigenvalue weighted by molar-refractivity contribution is -0.123. The SMILES string of the molecule is CCN(CC)CCNC(=O)COc1ccc(S(=O)(=O)N2CCOCC2)cc1. The molecule has 0 aromatic heterocycles. The van der Waals surface area contributed by atoms with Crippen LogP contribution < -0.4 is 10.1 Å². The number of carbonyl (C=O) groups is 1. The predicted molar refractivity (Wildman–Crippen MR) is 102 cm³/mol. The van der Waals surface area contributed by atoms with Crippen LogP contribution in [0.2, 0.25) is 0 Å². The highest BCUT2D eigenvalue weighted by Crippen LogP contribution is 2.20. The molecule has 9 heteroatoms. The van der Waals surface area contributed by atoms with Crippen LogP contribution in [0.1, 0.15) is 13.8 Å². The quantitative estimate of drug-likeness (QED) is 0.618. The van der Waals surface area contributed by atoms with Crippen molar-refractivity contribution in [3.8, 4) is 5.75 Å². The number of benzene rings is 1. The Morgan fingerprint density at radius 1 is 1.19 bits per heavy atom. The summed E-state index contributed by atoms with van der Waals surface area (Å²) < 4.78 is 37.1. The maximum atomic E-state index is 12.5. The Balaban J connectivity index is 1.80.